The number of carbonyl (C=O) groups excluding carboxylic acids is 1. The summed E-state index contributed by atoms with van der Waals surface area (Å²) in [6.07, 6.45) is 3.55. The molecule has 0 aromatic carbocycles. The van der Waals surface area contributed by atoms with Crippen LogP contribution in [0.1, 0.15) is 56.0 Å². The number of rotatable bonds is 2. The molecular formula is C16H24N2OS. The van der Waals surface area contributed by atoms with Gasteiger partial charge in [-0.1, -0.05) is 13.8 Å². The van der Waals surface area contributed by atoms with E-state index >= 15 is 0 Å². The van der Waals surface area contributed by atoms with Crippen molar-refractivity contribution in [1.82, 2.24) is 10.2 Å². The molecule has 1 saturated heterocycles. The molecule has 3 atom stereocenters. The molecule has 0 spiro atoms. The Bertz CT molecular complexity index is 522. The van der Waals surface area contributed by atoms with Gasteiger partial charge in [0.05, 0.1) is 6.04 Å². The Kier molecular flexibility index (Phi) is 3.41. The summed E-state index contributed by atoms with van der Waals surface area (Å²) in [5.74, 6) is 0.267. The van der Waals surface area contributed by atoms with E-state index in [1.165, 1.54) is 16.2 Å². The van der Waals surface area contributed by atoms with Gasteiger partial charge in [-0.15, -0.1) is 11.3 Å². The molecule has 1 N–H and O–H groups in total. The van der Waals surface area contributed by atoms with Crippen molar-refractivity contribution >= 4 is 17.2 Å². The van der Waals surface area contributed by atoms with E-state index in [9.17, 15) is 4.79 Å². The topological polar surface area (TPSA) is 32.3 Å². The maximum absolute atomic E-state index is 12.6. The molecule has 0 bridgehead atoms. The van der Waals surface area contributed by atoms with Crippen molar-refractivity contribution in [2.75, 3.05) is 0 Å². The molecule has 3 unspecified atom stereocenters. The molecule has 1 amide bonds. The third-order valence-corrected chi connectivity index (χ3v) is 5.73. The summed E-state index contributed by atoms with van der Waals surface area (Å²) in [6, 6.07) is 4.63. The van der Waals surface area contributed by atoms with Crippen LogP contribution in [0.25, 0.3) is 0 Å². The minimum atomic E-state index is -0.0638. The predicted molar refractivity (Wildman–Crippen MR) is 82.7 cm³/mol. The zero-order chi connectivity index (χ0) is 14.5. The van der Waals surface area contributed by atoms with Gasteiger partial charge in [-0.3, -0.25) is 10.1 Å². The van der Waals surface area contributed by atoms with Crippen LogP contribution in [0, 0.1) is 12.3 Å². The average Bonchev–Trinajstić information content (AvgIpc) is 3.00. The molecule has 0 radical (unpaired) electrons. The van der Waals surface area contributed by atoms with Crippen LogP contribution in [0.3, 0.4) is 0 Å². The molecule has 1 aliphatic carbocycles. The van der Waals surface area contributed by atoms with Gasteiger partial charge in [0.1, 0.15) is 6.17 Å². The van der Waals surface area contributed by atoms with Crippen LogP contribution < -0.4 is 5.32 Å². The summed E-state index contributed by atoms with van der Waals surface area (Å²) in [4.78, 5) is 17.3. The van der Waals surface area contributed by atoms with Gasteiger partial charge in [0.2, 0.25) is 5.91 Å². The molecule has 3 nitrogen and oxygen atoms in total. The Balaban J connectivity index is 1.87. The van der Waals surface area contributed by atoms with Gasteiger partial charge in [-0.25, -0.2) is 0 Å². The van der Waals surface area contributed by atoms with E-state index in [1.54, 1.807) is 11.3 Å². The predicted octanol–water partition coefficient (Wildman–Crippen LogP) is 3.45. The highest BCUT2D eigenvalue weighted by Gasteiger charge is 2.45. The number of aryl methyl sites for hydroxylation is 1. The third kappa shape index (κ3) is 2.40. The zero-order valence-electron chi connectivity index (χ0n) is 12.8. The quantitative estimate of drug-likeness (QED) is 0.905. The first-order valence-electron chi connectivity index (χ1n) is 7.52. The zero-order valence-corrected chi connectivity index (χ0v) is 13.6. The molecule has 2 heterocycles. The molecule has 2 fully saturated rings. The highest BCUT2D eigenvalue weighted by atomic mass is 32.1. The van der Waals surface area contributed by atoms with Crippen LogP contribution in [0.4, 0.5) is 0 Å². The summed E-state index contributed by atoms with van der Waals surface area (Å²) in [6.45, 7) is 8.73. The summed E-state index contributed by atoms with van der Waals surface area (Å²) >= 11 is 1.80. The number of amides is 1. The fraction of sp³-hybridized carbons (Fsp3) is 0.688. The van der Waals surface area contributed by atoms with Crippen molar-refractivity contribution in [2.45, 2.75) is 65.2 Å². The van der Waals surface area contributed by atoms with Gasteiger partial charge in [0, 0.05) is 15.8 Å². The Labute approximate surface area is 125 Å². The molecule has 4 heteroatoms. The normalized spacial score (nSPS) is 33.1. The lowest BCUT2D eigenvalue weighted by molar-refractivity contribution is -0.132. The number of nitrogens with zero attached hydrogens (tertiary/aromatic N) is 1. The molecular weight excluding hydrogens is 268 g/mol. The van der Waals surface area contributed by atoms with E-state index in [-0.39, 0.29) is 18.1 Å². The Morgan fingerprint density at radius 2 is 2.15 bits per heavy atom. The Morgan fingerprint density at radius 3 is 2.70 bits per heavy atom. The summed E-state index contributed by atoms with van der Waals surface area (Å²) in [5.41, 5.74) is 0.368. The van der Waals surface area contributed by atoms with Crippen LogP contribution in [0.2, 0.25) is 0 Å². The van der Waals surface area contributed by atoms with Crippen LogP contribution in [-0.4, -0.2) is 22.9 Å². The summed E-state index contributed by atoms with van der Waals surface area (Å²) in [5, 5.41) is 3.47. The molecule has 1 aliphatic heterocycles. The van der Waals surface area contributed by atoms with Crippen molar-refractivity contribution < 1.29 is 4.79 Å². The monoisotopic (exact) mass is 292 g/mol. The molecule has 3 rings (SSSR count). The molecule has 1 aromatic heterocycles. The number of hydrogen-bond donors (Lipinski definition) is 1. The lowest BCUT2D eigenvalue weighted by Gasteiger charge is -2.30. The molecule has 1 aromatic rings. The van der Waals surface area contributed by atoms with Gasteiger partial charge < -0.3 is 4.90 Å². The standard InChI is InChI=1S/C16H24N2OS/c1-10-5-6-13(20-10)14-17-11(2)15(19)18(14)12-7-8-16(3,4)9-12/h5-6,11-12,14,17H,7-9H2,1-4H3. The SMILES string of the molecule is Cc1ccc(C2NC(C)C(=O)N2C2CCC(C)(C)C2)s1. The lowest BCUT2D eigenvalue weighted by atomic mass is 9.91. The number of hydrogen-bond acceptors (Lipinski definition) is 3. The second kappa shape index (κ2) is 4.85. The van der Waals surface area contributed by atoms with Crippen LogP contribution >= 0.6 is 11.3 Å². The van der Waals surface area contributed by atoms with Crippen molar-refractivity contribution in [2.24, 2.45) is 5.41 Å². The highest BCUT2D eigenvalue weighted by Crippen LogP contribution is 2.43. The van der Waals surface area contributed by atoms with Gasteiger partial charge in [-0.2, -0.15) is 0 Å². The number of nitrogens with one attached hydrogen (secondary N) is 1. The minimum Gasteiger partial charge on any atom is -0.318 e. The summed E-state index contributed by atoms with van der Waals surface area (Å²) in [7, 11) is 0. The first-order valence-corrected chi connectivity index (χ1v) is 8.34. The van der Waals surface area contributed by atoms with Crippen LogP contribution in [0.5, 0.6) is 0 Å². The first-order chi connectivity index (χ1) is 9.37. The Morgan fingerprint density at radius 1 is 1.40 bits per heavy atom. The van der Waals surface area contributed by atoms with Gasteiger partial charge in [0.15, 0.2) is 0 Å². The van der Waals surface area contributed by atoms with Crippen LogP contribution in [-0.2, 0) is 4.79 Å². The van der Waals surface area contributed by atoms with Gasteiger partial charge >= 0.3 is 0 Å². The van der Waals surface area contributed by atoms with E-state index < -0.39 is 0 Å². The molecule has 1 saturated carbocycles. The molecule has 20 heavy (non-hydrogen) atoms. The largest absolute Gasteiger partial charge is 0.318 e. The fourth-order valence-electron chi connectivity index (χ4n) is 3.59. The second-order valence-electron chi connectivity index (χ2n) is 7.05. The van der Waals surface area contributed by atoms with E-state index in [2.05, 4.69) is 43.1 Å². The van der Waals surface area contributed by atoms with E-state index in [4.69, 9.17) is 0 Å². The third-order valence-electron chi connectivity index (χ3n) is 4.68. The van der Waals surface area contributed by atoms with E-state index in [0.717, 1.165) is 12.8 Å². The fourth-order valence-corrected chi connectivity index (χ4v) is 4.52. The Hall–Kier alpha value is -0.870. The first kappa shape index (κ1) is 14.1. The van der Waals surface area contributed by atoms with Crippen molar-refractivity contribution in [3.8, 4) is 0 Å². The van der Waals surface area contributed by atoms with Gasteiger partial charge in [0.25, 0.3) is 0 Å². The van der Waals surface area contributed by atoms with E-state index in [0.29, 0.717) is 11.5 Å². The van der Waals surface area contributed by atoms with Crippen molar-refractivity contribution in [1.29, 1.82) is 0 Å². The second-order valence-corrected chi connectivity index (χ2v) is 8.37. The van der Waals surface area contributed by atoms with Crippen LogP contribution in [0.15, 0.2) is 12.1 Å². The average molecular weight is 292 g/mol. The molecule has 2 aliphatic rings. The van der Waals surface area contributed by atoms with Gasteiger partial charge in [-0.05, 0) is 50.7 Å². The summed E-state index contributed by atoms with van der Waals surface area (Å²) < 4.78 is 0. The molecule has 110 valence electrons. The lowest BCUT2D eigenvalue weighted by Crippen LogP contribution is -2.38. The number of carbonyl (C=O) groups is 1. The highest BCUT2D eigenvalue weighted by molar-refractivity contribution is 7.12. The van der Waals surface area contributed by atoms with E-state index in [1.807, 2.05) is 6.92 Å². The smallest absolute Gasteiger partial charge is 0.241 e. The maximum atomic E-state index is 12.6. The van der Waals surface area contributed by atoms with Crippen molar-refractivity contribution in [3.05, 3.63) is 21.9 Å². The number of thiophene rings is 1. The maximum Gasteiger partial charge on any atom is 0.241 e. The van der Waals surface area contributed by atoms with Crippen molar-refractivity contribution in [3.63, 3.8) is 0 Å². The minimum absolute atomic E-state index is 0.0638.